The minimum Gasteiger partial charge on any atom is -0.545 e. The van der Waals surface area contributed by atoms with Crippen molar-refractivity contribution in [1.29, 1.82) is 0 Å². The van der Waals surface area contributed by atoms with Crippen LogP contribution in [0.3, 0.4) is 0 Å². The van der Waals surface area contributed by atoms with E-state index in [1.807, 2.05) is 12.4 Å². The average Bonchev–Trinajstić information content (AvgIpc) is 2.92. The van der Waals surface area contributed by atoms with Crippen LogP contribution in [0.25, 0.3) is 0 Å². The molecule has 0 heterocycles. The molecule has 1 fully saturated rings. The maximum Gasteiger partial charge on any atom is 2.00 e. The summed E-state index contributed by atoms with van der Waals surface area (Å²) in [6, 6.07) is 8.53. The van der Waals surface area contributed by atoms with Gasteiger partial charge in [-0.2, -0.15) is 0 Å². The summed E-state index contributed by atoms with van der Waals surface area (Å²) in [7, 11) is 0. The Labute approximate surface area is 283 Å². The van der Waals surface area contributed by atoms with Crippen LogP contribution in [0.1, 0.15) is 142 Å². The van der Waals surface area contributed by atoms with Crippen LogP contribution in [0.5, 0.6) is 11.5 Å². The molecular weight excluding hydrogens is 607 g/mol. The number of phenolic OH excluding ortho intramolecular Hbond substituents is 2. The third-order valence-electron chi connectivity index (χ3n) is 8.13. The molecule has 0 saturated heterocycles. The zero-order valence-electron chi connectivity index (χ0n) is 29.5. The fraction of sp³-hybridized carbons (Fsp3) is 0.579. The molecule has 2 aromatic rings. The Morgan fingerprint density at radius 3 is 1.11 bits per heavy atom. The standard InChI is InChI=1S/C36H54N2O2.2CHO.Co/c1-33(2,3)25-17-23(31(39)27(19-25)35(7,8)9)21-37-29-15-13-14-16-30(29)38-22-24-18-26(34(4,5)6)20-28(32(24)40)36(10,11)12;2*1-2;/h17-22,29-30,39-40H,13-16H2,1-12H3;2*1H;/q;2*-1;+2. The monoisotopic (exact) mass is 663 g/mol. The Morgan fingerprint density at radius 1 is 0.578 bits per heavy atom. The van der Waals surface area contributed by atoms with Gasteiger partial charge in [0, 0.05) is 34.7 Å². The third kappa shape index (κ3) is 11.5. The summed E-state index contributed by atoms with van der Waals surface area (Å²) in [5, 5.41) is 22.5. The fourth-order valence-electron chi connectivity index (χ4n) is 5.31. The van der Waals surface area contributed by atoms with Gasteiger partial charge in [0.2, 0.25) is 0 Å². The quantitative estimate of drug-likeness (QED) is 0.194. The number of aromatic hydroxyl groups is 2. The minimum absolute atomic E-state index is 0. The Hall–Kier alpha value is -2.77. The van der Waals surface area contributed by atoms with E-state index >= 15 is 0 Å². The van der Waals surface area contributed by atoms with Gasteiger partial charge in [0.25, 0.3) is 0 Å². The first-order chi connectivity index (χ1) is 20.2. The van der Waals surface area contributed by atoms with E-state index in [9.17, 15) is 10.2 Å². The molecule has 1 aliphatic rings. The van der Waals surface area contributed by atoms with Gasteiger partial charge in [-0.15, -0.1) is 0 Å². The first-order valence-corrected chi connectivity index (χ1v) is 15.5. The molecule has 251 valence electrons. The number of nitrogens with zero attached hydrogens (tertiary/aromatic N) is 2. The molecule has 3 rings (SSSR count). The molecule has 2 unspecified atom stereocenters. The van der Waals surface area contributed by atoms with Gasteiger partial charge < -0.3 is 19.8 Å². The molecule has 45 heavy (non-hydrogen) atoms. The van der Waals surface area contributed by atoms with E-state index in [1.54, 1.807) is 0 Å². The number of phenols is 2. The summed E-state index contributed by atoms with van der Waals surface area (Å²) < 4.78 is 0. The van der Waals surface area contributed by atoms with E-state index in [4.69, 9.17) is 19.6 Å². The Morgan fingerprint density at radius 2 is 0.867 bits per heavy atom. The molecule has 1 aliphatic carbocycles. The van der Waals surface area contributed by atoms with E-state index in [0.717, 1.165) is 47.9 Å². The van der Waals surface area contributed by atoms with E-state index in [1.165, 1.54) is 11.1 Å². The predicted octanol–water partition coefficient (Wildman–Crippen LogP) is 8.59. The second kappa shape index (κ2) is 16.7. The Balaban J connectivity index is 0.00000372. The molecule has 7 heteroatoms. The first-order valence-electron chi connectivity index (χ1n) is 15.5. The van der Waals surface area contributed by atoms with Crippen molar-refractivity contribution in [3.63, 3.8) is 0 Å². The second-order valence-corrected chi connectivity index (χ2v) is 15.9. The molecule has 2 atom stereocenters. The van der Waals surface area contributed by atoms with Gasteiger partial charge in [0.05, 0.1) is 12.1 Å². The normalized spacial score (nSPS) is 17.6. The van der Waals surface area contributed by atoms with Crippen LogP contribution in [0.4, 0.5) is 0 Å². The van der Waals surface area contributed by atoms with Gasteiger partial charge in [-0.05, 0) is 57.8 Å². The molecule has 6 nitrogen and oxygen atoms in total. The van der Waals surface area contributed by atoms with E-state index < -0.39 is 0 Å². The Kier molecular flexibility index (Phi) is 15.7. The molecule has 2 N–H and O–H groups in total. The first kappa shape index (κ1) is 42.2. The van der Waals surface area contributed by atoms with Crippen molar-refractivity contribution < 1.29 is 36.6 Å². The maximum absolute atomic E-state index is 11.2. The summed E-state index contributed by atoms with van der Waals surface area (Å²) in [5.41, 5.74) is 5.39. The number of aliphatic imine (C=N–C) groups is 2. The van der Waals surface area contributed by atoms with E-state index in [2.05, 4.69) is 121 Å². The number of hydrogen-bond acceptors (Lipinski definition) is 6. The van der Waals surface area contributed by atoms with Gasteiger partial charge in [0.1, 0.15) is 11.5 Å². The summed E-state index contributed by atoms with van der Waals surface area (Å²) in [4.78, 5) is 25.6. The van der Waals surface area contributed by atoms with Crippen molar-refractivity contribution in [3.05, 3.63) is 57.6 Å². The smallest absolute Gasteiger partial charge is 0.545 e. The summed E-state index contributed by atoms with van der Waals surface area (Å²) >= 11 is 0. The SMILES string of the molecule is CC(C)(C)c1cc(C=NC2CCCCC2N=Cc2cc(C(C)(C)C)cc(C(C)(C)C)c2O)c(O)c(C(C)(C)C)c1.[CH-]=O.[CH-]=O.[Co+2]. The predicted molar refractivity (Wildman–Crippen MR) is 186 cm³/mol. The Bertz CT molecular complexity index is 1200. The average molecular weight is 664 g/mol. The van der Waals surface area contributed by atoms with Crippen molar-refractivity contribution in [2.75, 3.05) is 0 Å². The van der Waals surface area contributed by atoms with Crippen LogP contribution in [-0.4, -0.2) is 48.3 Å². The second-order valence-electron chi connectivity index (χ2n) is 15.9. The third-order valence-corrected chi connectivity index (χ3v) is 8.13. The van der Waals surface area contributed by atoms with E-state index in [-0.39, 0.29) is 50.5 Å². The molecule has 0 spiro atoms. The molecule has 1 radical (unpaired) electrons. The van der Waals surface area contributed by atoms with Crippen molar-refractivity contribution in [1.82, 2.24) is 0 Å². The summed E-state index contributed by atoms with van der Waals surface area (Å²) in [6.07, 6.45) is 7.90. The molecule has 0 aliphatic heterocycles. The fourth-order valence-corrected chi connectivity index (χ4v) is 5.31. The molecular formula is C38H56CoN2O4. The van der Waals surface area contributed by atoms with Crippen LogP contribution in [-0.2, 0) is 48.0 Å². The van der Waals surface area contributed by atoms with E-state index in [0.29, 0.717) is 11.5 Å². The molecule has 1 saturated carbocycles. The van der Waals surface area contributed by atoms with Gasteiger partial charge in [-0.25, -0.2) is 0 Å². The van der Waals surface area contributed by atoms with Crippen LogP contribution < -0.4 is 0 Å². The van der Waals surface area contributed by atoms with Gasteiger partial charge in [-0.3, -0.25) is 23.6 Å². The number of carbonyl (C=O) groups excluding carboxylic acids is 2. The van der Waals surface area contributed by atoms with Crippen molar-refractivity contribution >= 4 is 26.0 Å². The molecule has 0 amide bonds. The zero-order valence-corrected chi connectivity index (χ0v) is 30.6. The van der Waals surface area contributed by atoms with Crippen LogP contribution >= 0.6 is 0 Å². The van der Waals surface area contributed by atoms with Crippen LogP contribution in [0, 0.1) is 0 Å². The minimum atomic E-state index is -0.179. The van der Waals surface area contributed by atoms with Crippen molar-refractivity contribution in [2.45, 2.75) is 143 Å². The number of hydrogen-bond donors (Lipinski definition) is 2. The van der Waals surface area contributed by atoms with Gasteiger partial charge in [0.15, 0.2) is 0 Å². The maximum atomic E-state index is 11.2. The zero-order chi connectivity index (χ0) is 34.3. The van der Waals surface area contributed by atoms with Crippen LogP contribution in [0.15, 0.2) is 34.3 Å². The van der Waals surface area contributed by atoms with Gasteiger partial charge >= 0.3 is 16.8 Å². The van der Waals surface area contributed by atoms with Crippen molar-refractivity contribution in [3.8, 4) is 11.5 Å². The number of rotatable bonds is 4. The van der Waals surface area contributed by atoms with Crippen molar-refractivity contribution in [2.24, 2.45) is 9.98 Å². The molecule has 0 aromatic heterocycles. The number of benzene rings is 2. The largest absolute Gasteiger partial charge is 2.00 e. The molecule has 0 bridgehead atoms. The van der Waals surface area contributed by atoms with Gasteiger partial charge in [-0.1, -0.05) is 108 Å². The van der Waals surface area contributed by atoms with Crippen LogP contribution in [0.2, 0.25) is 0 Å². The molecule has 2 aromatic carbocycles. The summed E-state index contributed by atoms with van der Waals surface area (Å²) in [5.74, 6) is 0.637. The summed E-state index contributed by atoms with van der Waals surface area (Å²) in [6.45, 7) is 32.5. The topological polar surface area (TPSA) is 99.3 Å².